The van der Waals surface area contributed by atoms with Gasteiger partial charge in [0, 0.05) is 26.2 Å². The smallest absolute Gasteiger partial charge is 0.358 e. The Bertz CT molecular complexity index is 1360. The highest BCUT2D eigenvalue weighted by molar-refractivity contribution is 6.11. The van der Waals surface area contributed by atoms with Crippen LogP contribution in [0.25, 0.3) is 0 Å². The molecule has 0 radical (unpaired) electrons. The maximum absolute atomic E-state index is 13.7. The third kappa shape index (κ3) is 3.32. The van der Waals surface area contributed by atoms with Gasteiger partial charge in [0.2, 0.25) is 0 Å². The molecular weight excluding hydrogens is 616 g/mol. The first-order chi connectivity index (χ1) is 21.9. The minimum absolute atomic E-state index is 0.133. The number of carbonyl (C=O) groups excluding carboxylic acids is 8. The number of urea groups is 4. The summed E-state index contributed by atoms with van der Waals surface area (Å²) in [6.07, 6.45) is 0. The molecule has 20 heteroatoms. The molecule has 6 rings (SSSR count). The number of rotatable bonds is 8. The van der Waals surface area contributed by atoms with E-state index in [0.717, 1.165) is 19.6 Å². The van der Waals surface area contributed by atoms with Crippen LogP contribution in [0.5, 0.6) is 0 Å². The molecule has 8 amide bonds. The summed E-state index contributed by atoms with van der Waals surface area (Å²) in [4.78, 5) is 112. The maximum atomic E-state index is 13.7. The van der Waals surface area contributed by atoms with E-state index in [1.165, 1.54) is 27.7 Å². The molecule has 4 N–H and O–H groups in total. The SMILES string of the molecule is CCOC(=O)C12NC(=O)N3CC(=C4CN5C(=O)NC6(C(=O)OCC)NC(=O)N(C4)C56C(=O)OCC)CN(C(=O)N1)C32C(=O)OCC. The van der Waals surface area contributed by atoms with Crippen molar-refractivity contribution in [2.75, 3.05) is 52.6 Å². The van der Waals surface area contributed by atoms with Gasteiger partial charge < -0.3 is 40.2 Å². The van der Waals surface area contributed by atoms with E-state index in [1.807, 2.05) is 0 Å². The van der Waals surface area contributed by atoms with Crippen LogP contribution >= 0.6 is 0 Å². The van der Waals surface area contributed by atoms with E-state index < -0.39 is 70.7 Å². The molecule has 20 nitrogen and oxygen atoms in total. The highest BCUT2D eigenvalue weighted by Crippen LogP contribution is 2.49. The van der Waals surface area contributed by atoms with Crippen molar-refractivity contribution in [2.24, 2.45) is 0 Å². The molecule has 0 unspecified atom stereocenters. The van der Waals surface area contributed by atoms with E-state index in [2.05, 4.69) is 21.3 Å². The number of carbonyl (C=O) groups is 8. The van der Waals surface area contributed by atoms with Crippen LogP contribution < -0.4 is 21.3 Å². The van der Waals surface area contributed by atoms with Crippen molar-refractivity contribution in [1.29, 1.82) is 0 Å². The zero-order valence-corrected chi connectivity index (χ0v) is 25.3. The number of hydrogen-bond donors (Lipinski definition) is 4. The van der Waals surface area contributed by atoms with Crippen LogP contribution in [0.15, 0.2) is 11.1 Å². The zero-order valence-electron chi connectivity index (χ0n) is 25.3. The monoisotopic (exact) mass is 648 g/mol. The van der Waals surface area contributed by atoms with Crippen LogP contribution in [0.4, 0.5) is 19.2 Å². The van der Waals surface area contributed by atoms with Crippen LogP contribution in [0.3, 0.4) is 0 Å². The van der Waals surface area contributed by atoms with Gasteiger partial charge in [0.25, 0.3) is 22.7 Å². The zero-order chi connectivity index (χ0) is 33.4. The average molecular weight is 649 g/mol. The van der Waals surface area contributed by atoms with E-state index in [0.29, 0.717) is 11.1 Å². The first-order valence-corrected chi connectivity index (χ1v) is 14.7. The van der Waals surface area contributed by atoms with Gasteiger partial charge in [-0.2, -0.15) is 0 Å². The van der Waals surface area contributed by atoms with Crippen molar-refractivity contribution in [1.82, 2.24) is 40.9 Å². The number of hydrogen-bond acceptors (Lipinski definition) is 12. The van der Waals surface area contributed by atoms with Gasteiger partial charge >= 0.3 is 48.0 Å². The molecule has 46 heavy (non-hydrogen) atoms. The third-order valence-electron chi connectivity index (χ3n) is 8.95. The van der Waals surface area contributed by atoms with Gasteiger partial charge in [0.1, 0.15) is 0 Å². The Hall–Kier alpha value is -5.30. The second kappa shape index (κ2) is 10.1. The molecule has 0 bridgehead atoms. The fraction of sp³-hybridized carbons (Fsp3) is 0.615. The average Bonchev–Trinajstić information content (AvgIpc) is 3.63. The Morgan fingerprint density at radius 1 is 0.500 bits per heavy atom. The van der Waals surface area contributed by atoms with Crippen molar-refractivity contribution < 1.29 is 57.3 Å². The van der Waals surface area contributed by atoms with Gasteiger partial charge in [0.05, 0.1) is 26.4 Å². The third-order valence-corrected chi connectivity index (χ3v) is 8.95. The summed E-state index contributed by atoms with van der Waals surface area (Å²) in [7, 11) is 0. The molecule has 6 fully saturated rings. The molecule has 6 aliphatic heterocycles. The minimum Gasteiger partial charge on any atom is -0.463 e. The van der Waals surface area contributed by atoms with Crippen LogP contribution in [-0.2, 0) is 38.1 Å². The van der Waals surface area contributed by atoms with Crippen LogP contribution in [0, 0.1) is 0 Å². The second-order valence-corrected chi connectivity index (χ2v) is 11.0. The lowest BCUT2D eigenvalue weighted by atomic mass is 9.86. The second-order valence-electron chi connectivity index (χ2n) is 11.0. The topological polar surface area (TPSA) is 235 Å². The molecule has 0 aromatic carbocycles. The van der Waals surface area contributed by atoms with Gasteiger partial charge in [0.15, 0.2) is 0 Å². The van der Waals surface area contributed by atoms with Crippen LogP contribution in [0.1, 0.15) is 27.7 Å². The Balaban J connectivity index is 1.47. The lowest BCUT2D eigenvalue weighted by Crippen LogP contribution is -2.77. The maximum Gasteiger partial charge on any atom is 0.358 e. The number of nitrogens with zero attached hydrogens (tertiary/aromatic N) is 4. The molecule has 248 valence electrons. The Morgan fingerprint density at radius 3 is 0.978 bits per heavy atom. The quantitative estimate of drug-likeness (QED) is 0.121. The molecule has 0 aromatic heterocycles. The summed E-state index contributed by atoms with van der Waals surface area (Å²) < 4.78 is 20.9. The fourth-order valence-electron chi connectivity index (χ4n) is 7.25. The first-order valence-electron chi connectivity index (χ1n) is 14.7. The lowest BCUT2D eigenvalue weighted by molar-refractivity contribution is -0.180. The number of amides is 8. The van der Waals surface area contributed by atoms with Crippen molar-refractivity contribution in [3.05, 3.63) is 11.1 Å². The molecule has 0 aromatic rings. The van der Waals surface area contributed by atoms with Gasteiger partial charge in [-0.15, -0.1) is 0 Å². The molecule has 0 aliphatic carbocycles. The van der Waals surface area contributed by atoms with Crippen molar-refractivity contribution in [2.45, 2.75) is 50.3 Å². The molecule has 0 spiro atoms. The summed E-state index contributed by atoms with van der Waals surface area (Å²) in [5.74, 6) is -4.35. The lowest BCUT2D eigenvalue weighted by Gasteiger charge is -2.49. The van der Waals surface area contributed by atoms with Crippen LogP contribution in [0.2, 0.25) is 0 Å². The molecule has 6 saturated heterocycles. The number of ether oxygens (including phenoxy) is 4. The largest absolute Gasteiger partial charge is 0.463 e. The Kier molecular flexibility index (Phi) is 6.75. The minimum atomic E-state index is -2.35. The number of nitrogens with one attached hydrogen (secondary N) is 4. The molecule has 0 saturated carbocycles. The highest BCUT2D eigenvalue weighted by Gasteiger charge is 2.84. The highest BCUT2D eigenvalue weighted by atomic mass is 16.6. The summed E-state index contributed by atoms with van der Waals surface area (Å²) >= 11 is 0. The molecule has 6 heterocycles. The summed E-state index contributed by atoms with van der Waals surface area (Å²) in [5, 5.41) is 9.66. The van der Waals surface area contributed by atoms with Gasteiger partial charge in [-0.1, -0.05) is 0 Å². The van der Waals surface area contributed by atoms with Crippen LogP contribution in [-0.4, -0.2) is 143 Å². The standard InChI is InChI=1S/C26H32N8O12/c1-5-43-15(35)23-25(17(37)45-7-3)31(19(39)27-23)9-13(10-32(25)20(40)28-23)14-11-33-21(41)29-24(16(36)44-6-2)26(33,18(38)46-8-4)34(12-14)22(42)30-24/h5-12H2,1-4H3,(H,27,39)(H,28,40)(H,29,41)(H,30,42). The normalized spacial score (nSPS) is 31.9. The first kappa shape index (κ1) is 30.7. The van der Waals surface area contributed by atoms with Gasteiger partial charge in [-0.3, -0.25) is 19.6 Å². The Morgan fingerprint density at radius 2 is 0.739 bits per heavy atom. The van der Waals surface area contributed by atoms with E-state index in [4.69, 9.17) is 18.9 Å². The molecule has 0 atom stereocenters. The molecule has 6 aliphatic rings. The fourth-order valence-corrected chi connectivity index (χ4v) is 7.25. The van der Waals surface area contributed by atoms with Crippen molar-refractivity contribution >= 4 is 48.0 Å². The summed E-state index contributed by atoms with van der Waals surface area (Å²) in [6, 6.07) is -3.67. The van der Waals surface area contributed by atoms with Gasteiger partial charge in [-0.05, 0) is 38.8 Å². The van der Waals surface area contributed by atoms with Gasteiger partial charge in [-0.25, -0.2) is 38.4 Å². The van der Waals surface area contributed by atoms with E-state index >= 15 is 0 Å². The summed E-state index contributed by atoms with van der Waals surface area (Å²) in [5.41, 5.74) is -8.77. The predicted octanol–water partition coefficient (Wildman–Crippen LogP) is -2.55. The predicted molar refractivity (Wildman–Crippen MR) is 145 cm³/mol. The van der Waals surface area contributed by atoms with E-state index in [-0.39, 0.29) is 52.6 Å². The van der Waals surface area contributed by atoms with Crippen molar-refractivity contribution in [3.8, 4) is 0 Å². The Labute approximate surface area is 260 Å². The molecular formula is C26H32N8O12. The van der Waals surface area contributed by atoms with E-state index in [9.17, 15) is 38.4 Å². The summed E-state index contributed by atoms with van der Waals surface area (Å²) in [6.45, 7) is 4.01. The van der Waals surface area contributed by atoms with Crippen molar-refractivity contribution in [3.63, 3.8) is 0 Å². The van der Waals surface area contributed by atoms with E-state index in [1.54, 1.807) is 0 Å². The number of esters is 4.